The van der Waals surface area contributed by atoms with Gasteiger partial charge in [0.2, 0.25) is 0 Å². The van der Waals surface area contributed by atoms with Gasteiger partial charge < -0.3 is 0 Å². The van der Waals surface area contributed by atoms with Crippen LogP contribution < -0.4 is 0 Å². The maximum Gasteiger partial charge on any atom is 0.338 e. The SMILES string of the molecule is O=C(Cl)Cl.O=C(n1ccnc1)n1ccnc1. The fraction of sp³-hybridized carbons (Fsp3) is 0. The summed E-state index contributed by atoms with van der Waals surface area (Å²) < 4.78 is 1.86. The molecule has 0 saturated heterocycles. The summed E-state index contributed by atoms with van der Waals surface area (Å²) >= 11 is 8.80. The van der Waals surface area contributed by atoms with E-state index in [2.05, 4.69) is 33.2 Å². The Labute approximate surface area is 100 Å². The molecule has 0 aliphatic heterocycles. The lowest BCUT2D eigenvalue weighted by Gasteiger charge is -1.98. The average molecular weight is 261 g/mol. The Morgan fingerprint density at radius 3 is 1.56 bits per heavy atom. The van der Waals surface area contributed by atoms with Crippen molar-refractivity contribution in [2.45, 2.75) is 0 Å². The van der Waals surface area contributed by atoms with Crippen LogP contribution in [0.15, 0.2) is 37.4 Å². The van der Waals surface area contributed by atoms with Crippen molar-refractivity contribution in [1.29, 1.82) is 0 Å². The molecule has 0 radical (unpaired) electrons. The molecule has 0 unspecified atom stereocenters. The summed E-state index contributed by atoms with van der Waals surface area (Å²) in [4.78, 5) is 27.9. The molecule has 0 aliphatic carbocycles. The Balaban J connectivity index is 0.000000280. The first-order valence-corrected chi connectivity index (χ1v) is 4.72. The van der Waals surface area contributed by atoms with Crippen molar-refractivity contribution in [3.05, 3.63) is 37.4 Å². The van der Waals surface area contributed by atoms with Gasteiger partial charge in [0.1, 0.15) is 12.7 Å². The number of rotatable bonds is 0. The molecule has 0 spiro atoms. The van der Waals surface area contributed by atoms with Gasteiger partial charge in [0.15, 0.2) is 0 Å². The molecular weight excluding hydrogens is 255 g/mol. The number of nitrogens with zero attached hydrogens (tertiary/aromatic N) is 4. The molecule has 2 heterocycles. The van der Waals surface area contributed by atoms with Crippen LogP contribution in [-0.4, -0.2) is 29.8 Å². The zero-order valence-corrected chi connectivity index (χ0v) is 9.34. The van der Waals surface area contributed by atoms with E-state index in [9.17, 15) is 4.79 Å². The second-order valence-corrected chi connectivity index (χ2v) is 3.33. The summed E-state index contributed by atoms with van der Waals surface area (Å²) in [5.74, 6) is 0. The van der Waals surface area contributed by atoms with Gasteiger partial charge in [0.25, 0.3) is 0 Å². The van der Waals surface area contributed by atoms with Crippen molar-refractivity contribution in [2.24, 2.45) is 0 Å². The van der Waals surface area contributed by atoms with E-state index in [1.165, 1.54) is 21.8 Å². The van der Waals surface area contributed by atoms with Crippen molar-refractivity contribution >= 4 is 33.9 Å². The molecule has 8 heteroatoms. The summed E-state index contributed by atoms with van der Waals surface area (Å²) in [6.07, 6.45) is 9.17. The minimum absolute atomic E-state index is 0.190. The van der Waals surface area contributed by atoms with Crippen LogP contribution in [-0.2, 0) is 0 Å². The number of carbonyl (C=O) groups excluding carboxylic acids is 2. The van der Waals surface area contributed by atoms with Crippen molar-refractivity contribution in [3.8, 4) is 0 Å². The van der Waals surface area contributed by atoms with E-state index >= 15 is 0 Å². The van der Waals surface area contributed by atoms with Gasteiger partial charge in [-0.3, -0.25) is 13.9 Å². The molecule has 0 aromatic carbocycles. The summed E-state index contributed by atoms with van der Waals surface area (Å²) in [6.45, 7) is 0. The van der Waals surface area contributed by atoms with Gasteiger partial charge in [-0.2, -0.15) is 0 Å². The van der Waals surface area contributed by atoms with Crippen LogP contribution >= 0.6 is 23.2 Å². The highest BCUT2D eigenvalue weighted by molar-refractivity contribution is 6.93. The van der Waals surface area contributed by atoms with E-state index in [4.69, 9.17) is 4.79 Å². The summed E-state index contributed by atoms with van der Waals surface area (Å²) in [7, 11) is 0. The van der Waals surface area contributed by atoms with Crippen LogP contribution in [0.2, 0.25) is 0 Å². The standard InChI is InChI=1S/C7H6N4O.CCl2O/c12-7(10-3-1-8-5-10)11-4-2-9-6-11;2-1(3)4/h1-6H;. The normalized spacial score (nSPS) is 9.12. The van der Waals surface area contributed by atoms with Crippen LogP contribution in [0.3, 0.4) is 0 Å². The molecule has 16 heavy (non-hydrogen) atoms. The Bertz CT molecular complexity index is 412. The predicted octanol–water partition coefficient (Wildman–Crippen LogP) is 2.18. The molecule has 0 aliphatic rings. The van der Waals surface area contributed by atoms with Crippen molar-refractivity contribution in [3.63, 3.8) is 0 Å². The fourth-order valence-corrected chi connectivity index (χ4v) is 0.878. The van der Waals surface area contributed by atoms with E-state index in [-0.39, 0.29) is 6.03 Å². The molecule has 0 N–H and O–H groups in total. The van der Waals surface area contributed by atoms with Gasteiger partial charge in [0, 0.05) is 24.8 Å². The van der Waals surface area contributed by atoms with Gasteiger partial charge in [-0.15, -0.1) is 0 Å². The second-order valence-electron chi connectivity index (χ2n) is 2.45. The lowest BCUT2D eigenvalue weighted by atomic mass is 10.8. The highest BCUT2D eigenvalue weighted by atomic mass is 35.5. The van der Waals surface area contributed by atoms with Crippen LogP contribution in [0.4, 0.5) is 9.59 Å². The summed E-state index contributed by atoms with van der Waals surface area (Å²) in [5, 5.41) is 0. The van der Waals surface area contributed by atoms with Gasteiger partial charge in [-0.25, -0.2) is 14.8 Å². The Morgan fingerprint density at radius 2 is 1.31 bits per heavy atom. The van der Waals surface area contributed by atoms with Crippen LogP contribution in [0.5, 0.6) is 0 Å². The molecule has 0 fully saturated rings. The number of carbonyl (C=O) groups is 2. The first-order valence-electron chi connectivity index (χ1n) is 3.97. The van der Waals surface area contributed by atoms with Gasteiger partial charge in [-0.05, 0) is 23.2 Å². The number of halogens is 2. The summed E-state index contributed by atoms with van der Waals surface area (Å²) in [5.41, 5.74) is 0. The molecule has 84 valence electrons. The monoisotopic (exact) mass is 260 g/mol. The first kappa shape index (κ1) is 12.4. The van der Waals surface area contributed by atoms with E-state index < -0.39 is 4.70 Å². The maximum atomic E-state index is 11.4. The lowest BCUT2D eigenvalue weighted by Crippen LogP contribution is -2.15. The Hall–Kier alpha value is -1.66. The first-order chi connectivity index (χ1) is 7.61. The third kappa shape index (κ3) is 3.84. The molecule has 0 bridgehead atoms. The van der Waals surface area contributed by atoms with Crippen molar-refractivity contribution in [1.82, 2.24) is 19.1 Å². The topological polar surface area (TPSA) is 69.8 Å². The lowest BCUT2D eigenvalue weighted by molar-refractivity contribution is 0.244. The van der Waals surface area contributed by atoms with Gasteiger partial charge in [0.05, 0.1) is 0 Å². The molecule has 0 amide bonds. The van der Waals surface area contributed by atoms with E-state index in [1.54, 1.807) is 24.8 Å². The number of imidazole rings is 2. The number of aromatic nitrogens is 4. The summed E-state index contributed by atoms with van der Waals surface area (Å²) in [6, 6.07) is -0.190. The third-order valence-corrected chi connectivity index (χ3v) is 1.45. The molecule has 0 saturated carbocycles. The smallest absolute Gasteiger partial charge is 0.262 e. The van der Waals surface area contributed by atoms with Crippen molar-refractivity contribution < 1.29 is 9.59 Å². The molecule has 6 nitrogen and oxygen atoms in total. The number of hydrogen-bond acceptors (Lipinski definition) is 4. The zero-order chi connectivity index (χ0) is 12.0. The second kappa shape index (κ2) is 6.04. The Kier molecular flexibility index (Phi) is 4.68. The fourth-order valence-electron chi connectivity index (χ4n) is 0.878. The van der Waals surface area contributed by atoms with Gasteiger partial charge in [-0.1, -0.05) is 0 Å². The molecule has 2 rings (SSSR count). The maximum absolute atomic E-state index is 11.4. The molecule has 0 atom stereocenters. The Morgan fingerprint density at radius 1 is 0.938 bits per heavy atom. The quantitative estimate of drug-likeness (QED) is 0.681. The van der Waals surface area contributed by atoms with E-state index in [0.29, 0.717) is 0 Å². The highest BCUT2D eigenvalue weighted by Gasteiger charge is 2.03. The van der Waals surface area contributed by atoms with E-state index in [0.717, 1.165) is 0 Å². The number of hydrogen-bond donors (Lipinski definition) is 0. The molecule has 2 aromatic rings. The zero-order valence-electron chi connectivity index (χ0n) is 7.83. The van der Waals surface area contributed by atoms with Crippen LogP contribution in [0.1, 0.15) is 0 Å². The largest absolute Gasteiger partial charge is 0.338 e. The van der Waals surface area contributed by atoms with E-state index in [1.807, 2.05) is 0 Å². The van der Waals surface area contributed by atoms with Crippen LogP contribution in [0, 0.1) is 0 Å². The minimum atomic E-state index is -0.889. The molecular formula is C8H6Cl2N4O2. The van der Waals surface area contributed by atoms with Gasteiger partial charge >= 0.3 is 10.7 Å². The van der Waals surface area contributed by atoms with Crippen molar-refractivity contribution in [2.75, 3.05) is 0 Å². The van der Waals surface area contributed by atoms with Crippen LogP contribution in [0.25, 0.3) is 0 Å². The predicted molar refractivity (Wildman–Crippen MR) is 57.7 cm³/mol. The average Bonchev–Trinajstić information content (AvgIpc) is 2.90. The third-order valence-electron chi connectivity index (χ3n) is 1.45. The minimum Gasteiger partial charge on any atom is -0.262 e. The molecule has 2 aromatic heterocycles. The highest BCUT2D eigenvalue weighted by Crippen LogP contribution is 1.92.